The highest BCUT2D eigenvalue weighted by Gasteiger charge is 2.11. The number of methoxy groups -OCH3 is 2. The van der Waals surface area contributed by atoms with Gasteiger partial charge >= 0.3 is 5.97 Å². The van der Waals surface area contributed by atoms with Crippen molar-refractivity contribution >= 4 is 5.97 Å². The molecule has 0 aromatic heterocycles. The maximum Gasteiger partial charge on any atom is 0.322 e. The Labute approximate surface area is 102 Å². The lowest BCUT2D eigenvalue weighted by Crippen LogP contribution is -2.36. The van der Waals surface area contributed by atoms with E-state index in [4.69, 9.17) is 4.74 Å². The molecule has 1 aromatic carbocycles. The molecule has 1 N–H and O–H groups in total. The van der Waals surface area contributed by atoms with Gasteiger partial charge in [0, 0.05) is 6.54 Å². The number of nitrogens with one attached hydrogen (secondary N) is 1. The molecule has 0 aliphatic rings. The van der Waals surface area contributed by atoms with Crippen LogP contribution in [0.25, 0.3) is 0 Å². The summed E-state index contributed by atoms with van der Waals surface area (Å²) in [5.74, 6) is 0.630. The van der Waals surface area contributed by atoms with Crippen LogP contribution in [0.5, 0.6) is 5.75 Å². The average molecular weight is 237 g/mol. The quantitative estimate of drug-likeness (QED) is 0.759. The molecule has 1 unspecified atom stereocenters. The summed E-state index contributed by atoms with van der Waals surface area (Å²) in [4.78, 5) is 11.2. The molecule has 1 aromatic rings. The van der Waals surface area contributed by atoms with Crippen molar-refractivity contribution in [1.29, 1.82) is 0 Å². The third-order valence-corrected chi connectivity index (χ3v) is 2.59. The summed E-state index contributed by atoms with van der Waals surface area (Å²) >= 11 is 0. The van der Waals surface area contributed by atoms with Crippen molar-refractivity contribution in [1.82, 2.24) is 5.32 Å². The van der Waals surface area contributed by atoms with Crippen LogP contribution in [0.2, 0.25) is 0 Å². The zero-order chi connectivity index (χ0) is 12.7. The first kappa shape index (κ1) is 13.5. The number of hydrogen-bond donors (Lipinski definition) is 1. The Balaban J connectivity index is 2.43. The molecule has 17 heavy (non-hydrogen) atoms. The van der Waals surface area contributed by atoms with Gasteiger partial charge in [-0.05, 0) is 25.0 Å². The highest BCUT2D eigenvalue weighted by atomic mass is 16.5. The largest absolute Gasteiger partial charge is 0.496 e. The normalized spacial score (nSPS) is 11.9. The van der Waals surface area contributed by atoms with E-state index in [-0.39, 0.29) is 12.0 Å². The summed E-state index contributed by atoms with van der Waals surface area (Å²) < 4.78 is 9.89. The lowest BCUT2D eigenvalue weighted by atomic mass is 10.1. The van der Waals surface area contributed by atoms with Crippen LogP contribution in [0.1, 0.15) is 12.5 Å². The van der Waals surface area contributed by atoms with E-state index in [1.165, 1.54) is 7.11 Å². The fraction of sp³-hybridized carbons (Fsp3) is 0.462. The van der Waals surface area contributed by atoms with Gasteiger partial charge in [-0.2, -0.15) is 0 Å². The van der Waals surface area contributed by atoms with Crippen molar-refractivity contribution in [3.8, 4) is 5.75 Å². The van der Waals surface area contributed by atoms with Gasteiger partial charge < -0.3 is 14.8 Å². The van der Waals surface area contributed by atoms with E-state index in [0.29, 0.717) is 6.54 Å². The van der Waals surface area contributed by atoms with Crippen LogP contribution in [-0.2, 0) is 16.0 Å². The second kappa shape index (κ2) is 6.91. The standard InChI is InChI=1S/C13H19NO3/c1-10(13(15)17-3)14-9-8-11-6-4-5-7-12(11)16-2/h4-7,10,14H,8-9H2,1-3H3. The summed E-state index contributed by atoms with van der Waals surface area (Å²) in [6.07, 6.45) is 0.811. The van der Waals surface area contributed by atoms with Gasteiger partial charge in [-0.15, -0.1) is 0 Å². The average Bonchev–Trinajstić information content (AvgIpc) is 2.38. The number of benzene rings is 1. The maximum absolute atomic E-state index is 11.2. The molecule has 0 spiro atoms. The number of carbonyl (C=O) groups excluding carboxylic acids is 1. The zero-order valence-electron chi connectivity index (χ0n) is 10.5. The van der Waals surface area contributed by atoms with Crippen molar-refractivity contribution in [2.75, 3.05) is 20.8 Å². The molecule has 0 aliphatic carbocycles. The van der Waals surface area contributed by atoms with Crippen molar-refractivity contribution < 1.29 is 14.3 Å². The molecule has 0 radical (unpaired) electrons. The first-order chi connectivity index (χ1) is 8.19. The number of para-hydroxylation sites is 1. The second-order valence-corrected chi connectivity index (χ2v) is 3.76. The van der Waals surface area contributed by atoms with Crippen molar-refractivity contribution in [3.63, 3.8) is 0 Å². The van der Waals surface area contributed by atoms with Gasteiger partial charge in [0.15, 0.2) is 0 Å². The lowest BCUT2D eigenvalue weighted by Gasteiger charge is -2.12. The Bertz CT molecular complexity index is 365. The minimum atomic E-state index is -0.283. The van der Waals surface area contributed by atoms with Crippen LogP contribution in [0.4, 0.5) is 0 Å². The van der Waals surface area contributed by atoms with Crippen LogP contribution in [0, 0.1) is 0 Å². The Morgan fingerprint density at radius 1 is 1.35 bits per heavy atom. The van der Waals surface area contributed by atoms with E-state index >= 15 is 0 Å². The number of carbonyl (C=O) groups is 1. The van der Waals surface area contributed by atoms with Crippen molar-refractivity contribution in [2.45, 2.75) is 19.4 Å². The highest BCUT2D eigenvalue weighted by molar-refractivity contribution is 5.75. The summed E-state index contributed by atoms with van der Waals surface area (Å²) in [6, 6.07) is 7.58. The van der Waals surface area contributed by atoms with Crippen LogP contribution in [-0.4, -0.2) is 32.8 Å². The van der Waals surface area contributed by atoms with Crippen LogP contribution >= 0.6 is 0 Å². The van der Waals surface area contributed by atoms with Gasteiger partial charge in [-0.3, -0.25) is 4.79 Å². The van der Waals surface area contributed by atoms with Gasteiger partial charge in [-0.25, -0.2) is 0 Å². The SMILES string of the molecule is COC(=O)C(C)NCCc1ccccc1OC. The summed E-state index contributed by atoms with van der Waals surface area (Å²) in [5, 5.41) is 3.10. The minimum Gasteiger partial charge on any atom is -0.496 e. The molecular formula is C13H19NO3. The van der Waals surface area contributed by atoms with Crippen LogP contribution in [0.15, 0.2) is 24.3 Å². The molecule has 0 saturated carbocycles. The number of rotatable bonds is 6. The Morgan fingerprint density at radius 3 is 2.71 bits per heavy atom. The summed E-state index contributed by atoms with van der Waals surface area (Å²) in [5.41, 5.74) is 1.12. The summed E-state index contributed by atoms with van der Waals surface area (Å²) in [7, 11) is 3.05. The van der Waals surface area contributed by atoms with E-state index in [2.05, 4.69) is 10.1 Å². The third-order valence-electron chi connectivity index (χ3n) is 2.59. The Hall–Kier alpha value is -1.55. The first-order valence-corrected chi connectivity index (χ1v) is 5.62. The molecule has 0 fully saturated rings. The molecule has 4 nitrogen and oxygen atoms in total. The first-order valence-electron chi connectivity index (χ1n) is 5.62. The van der Waals surface area contributed by atoms with Crippen LogP contribution < -0.4 is 10.1 Å². The molecule has 0 bridgehead atoms. The fourth-order valence-electron chi connectivity index (χ4n) is 1.59. The minimum absolute atomic E-state index is 0.245. The number of esters is 1. The maximum atomic E-state index is 11.2. The molecule has 0 heterocycles. The predicted octanol–water partition coefficient (Wildman–Crippen LogP) is 1.39. The van der Waals surface area contributed by atoms with Gasteiger partial charge in [-0.1, -0.05) is 18.2 Å². The Morgan fingerprint density at radius 2 is 2.06 bits per heavy atom. The molecule has 1 rings (SSSR count). The molecule has 94 valence electrons. The molecule has 1 atom stereocenters. The van der Waals surface area contributed by atoms with Gasteiger partial charge in [0.2, 0.25) is 0 Å². The zero-order valence-corrected chi connectivity index (χ0v) is 10.5. The van der Waals surface area contributed by atoms with Crippen LogP contribution in [0.3, 0.4) is 0 Å². The topological polar surface area (TPSA) is 47.6 Å². The number of hydrogen-bond acceptors (Lipinski definition) is 4. The molecular weight excluding hydrogens is 218 g/mol. The van der Waals surface area contributed by atoms with E-state index in [1.54, 1.807) is 14.0 Å². The van der Waals surface area contributed by atoms with Crippen molar-refractivity contribution in [3.05, 3.63) is 29.8 Å². The molecule has 0 amide bonds. The fourth-order valence-corrected chi connectivity index (χ4v) is 1.59. The van der Waals surface area contributed by atoms with Gasteiger partial charge in [0.1, 0.15) is 11.8 Å². The summed E-state index contributed by atoms with van der Waals surface area (Å²) in [6.45, 7) is 2.49. The van der Waals surface area contributed by atoms with Gasteiger partial charge in [0.05, 0.1) is 14.2 Å². The van der Waals surface area contributed by atoms with Gasteiger partial charge in [0.25, 0.3) is 0 Å². The highest BCUT2D eigenvalue weighted by Crippen LogP contribution is 2.17. The second-order valence-electron chi connectivity index (χ2n) is 3.76. The smallest absolute Gasteiger partial charge is 0.322 e. The Kier molecular flexibility index (Phi) is 5.49. The van der Waals surface area contributed by atoms with E-state index in [0.717, 1.165) is 17.7 Å². The number of ether oxygens (including phenoxy) is 2. The van der Waals surface area contributed by atoms with E-state index in [9.17, 15) is 4.79 Å². The van der Waals surface area contributed by atoms with Crippen molar-refractivity contribution in [2.24, 2.45) is 0 Å². The molecule has 4 heteroatoms. The predicted molar refractivity (Wildman–Crippen MR) is 66.2 cm³/mol. The lowest BCUT2D eigenvalue weighted by molar-refractivity contribution is -0.142. The third kappa shape index (κ3) is 4.07. The molecule has 0 saturated heterocycles. The van der Waals surface area contributed by atoms with E-state index < -0.39 is 0 Å². The monoisotopic (exact) mass is 237 g/mol. The molecule has 0 aliphatic heterocycles. The van der Waals surface area contributed by atoms with E-state index in [1.807, 2.05) is 24.3 Å².